The number of likely N-dealkylation sites (tertiary alicyclic amines) is 1. The number of aliphatic hydroxyl groups excluding tert-OH is 1. The zero-order chi connectivity index (χ0) is 15.4. The third-order valence-corrected chi connectivity index (χ3v) is 3.65. The van der Waals surface area contributed by atoms with Crippen LogP contribution in [0.3, 0.4) is 0 Å². The minimum absolute atomic E-state index is 0.0400. The topological polar surface area (TPSA) is 69.6 Å². The normalized spacial score (nSPS) is 18.1. The van der Waals surface area contributed by atoms with Gasteiger partial charge in [-0.25, -0.2) is 0 Å². The summed E-state index contributed by atoms with van der Waals surface area (Å²) in [6, 6.07) is 6.79. The second-order valence-corrected chi connectivity index (χ2v) is 5.79. The maximum Gasteiger partial charge on any atom is 0.253 e. The van der Waals surface area contributed by atoms with Crippen LogP contribution in [0.4, 0.5) is 0 Å². The van der Waals surface area contributed by atoms with E-state index < -0.39 is 0 Å². The average molecular weight is 290 g/mol. The zero-order valence-electron chi connectivity index (χ0n) is 12.5. The minimum atomic E-state index is -0.134. The van der Waals surface area contributed by atoms with E-state index in [9.17, 15) is 9.59 Å². The number of rotatable bonds is 4. The summed E-state index contributed by atoms with van der Waals surface area (Å²) in [5, 5.41) is 11.9. The van der Waals surface area contributed by atoms with Gasteiger partial charge in [0.2, 0.25) is 0 Å². The number of nitrogens with zero attached hydrogens (tertiary/aromatic N) is 1. The lowest BCUT2D eigenvalue weighted by Crippen LogP contribution is -2.30. The van der Waals surface area contributed by atoms with E-state index in [-0.39, 0.29) is 30.4 Å². The predicted molar refractivity (Wildman–Crippen MR) is 80.1 cm³/mol. The highest BCUT2D eigenvalue weighted by Gasteiger charge is 2.26. The van der Waals surface area contributed by atoms with Crippen molar-refractivity contribution in [1.82, 2.24) is 10.2 Å². The van der Waals surface area contributed by atoms with E-state index >= 15 is 0 Å². The van der Waals surface area contributed by atoms with Gasteiger partial charge in [0.05, 0.1) is 0 Å². The van der Waals surface area contributed by atoms with Crippen LogP contribution in [-0.4, -0.2) is 47.6 Å². The highest BCUT2D eigenvalue weighted by Crippen LogP contribution is 2.18. The van der Waals surface area contributed by atoms with Crippen molar-refractivity contribution in [2.45, 2.75) is 26.3 Å². The molecule has 0 aliphatic carbocycles. The number of hydrogen-bond acceptors (Lipinski definition) is 3. The summed E-state index contributed by atoms with van der Waals surface area (Å²) < 4.78 is 0. The van der Waals surface area contributed by atoms with Gasteiger partial charge in [0.1, 0.15) is 0 Å². The Kier molecular flexibility index (Phi) is 4.96. The largest absolute Gasteiger partial charge is 0.396 e. The molecule has 1 aliphatic rings. The molecule has 1 heterocycles. The molecule has 1 aromatic rings. The van der Waals surface area contributed by atoms with Crippen LogP contribution in [0.2, 0.25) is 0 Å². The summed E-state index contributed by atoms with van der Waals surface area (Å²) in [5.41, 5.74) is 1.13. The summed E-state index contributed by atoms with van der Waals surface area (Å²) in [6.07, 6.45) is 0.844. The molecule has 1 atom stereocenters. The molecule has 5 nitrogen and oxygen atoms in total. The summed E-state index contributed by atoms with van der Waals surface area (Å²) >= 11 is 0. The van der Waals surface area contributed by atoms with Crippen molar-refractivity contribution >= 4 is 11.8 Å². The van der Waals surface area contributed by atoms with Crippen LogP contribution in [0.15, 0.2) is 24.3 Å². The van der Waals surface area contributed by atoms with Gasteiger partial charge in [-0.2, -0.15) is 0 Å². The third kappa shape index (κ3) is 3.82. The first kappa shape index (κ1) is 15.5. The first-order valence-electron chi connectivity index (χ1n) is 7.32. The van der Waals surface area contributed by atoms with Crippen LogP contribution in [0.25, 0.3) is 0 Å². The fourth-order valence-corrected chi connectivity index (χ4v) is 2.46. The molecule has 114 valence electrons. The molecule has 5 heteroatoms. The fourth-order valence-electron chi connectivity index (χ4n) is 2.46. The molecule has 2 rings (SSSR count). The number of benzene rings is 1. The second-order valence-electron chi connectivity index (χ2n) is 5.79. The number of carbonyl (C=O) groups is 2. The monoisotopic (exact) mass is 290 g/mol. The minimum Gasteiger partial charge on any atom is -0.396 e. The van der Waals surface area contributed by atoms with Crippen molar-refractivity contribution in [3.8, 4) is 0 Å². The Hall–Kier alpha value is -1.88. The average Bonchev–Trinajstić information content (AvgIpc) is 2.95. The SMILES string of the molecule is CC(C)NC(=O)c1ccc(C(=O)N2CCC(CO)C2)cc1. The van der Waals surface area contributed by atoms with Gasteiger partial charge >= 0.3 is 0 Å². The molecule has 0 bridgehead atoms. The van der Waals surface area contributed by atoms with Gasteiger partial charge in [-0.05, 0) is 44.5 Å². The van der Waals surface area contributed by atoms with Crippen LogP contribution in [0.1, 0.15) is 41.0 Å². The van der Waals surface area contributed by atoms with Gasteiger partial charge in [-0.1, -0.05) is 0 Å². The lowest BCUT2D eigenvalue weighted by molar-refractivity contribution is 0.0781. The number of amides is 2. The third-order valence-electron chi connectivity index (χ3n) is 3.65. The molecule has 1 aliphatic heterocycles. The smallest absolute Gasteiger partial charge is 0.253 e. The highest BCUT2D eigenvalue weighted by atomic mass is 16.3. The number of carbonyl (C=O) groups excluding carboxylic acids is 2. The Morgan fingerprint density at radius 2 is 1.90 bits per heavy atom. The first-order valence-corrected chi connectivity index (χ1v) is 7.32. The van der Waals surface area contributed by atoms with Crippen molar-refractivity contribution in [1.29, 1.82) is 0 Å². The Morgan fingerprint density at radius 3 is 2.43 bits per heavy atom. The summed E-state index contributed by atoms with van der Waals surface area (Å²) in [5.74, 6) is 0.0114. The van der Waals surface area contributed by atoms with E-state index in [1.54, 1.807) is 29.2 Å². The van der Waals surface area contributed by atoms with Gasteiger partial charge in [-0.3, -0.25) is 9.59 Å². The molecule has 2 N–H and O–H groups in total. The van der Waals surface area contributed by atoms with E-state index in [1.165, 1.54) is 0 Å². The molecular weight excluding hydrogens is 268 g/mol. The van der Waals surface area contributed by atoms with Crippen molar-refractivity contribution in [2.24, 2.45) is 5.92 Å². The molecule has 1 saturated heterocycles. The standard InChI is InChI=1S/C16H22N2O3/c1-11(2)17-15(20)13-3-5-14(6-4-13)16(21)18-8-7-12(9-18)10-19/h3-6,11-12,19H,7-10H2,1-2H3,(H,17,20). The number of hydrogen-bond donors (Lipinski definition) is 2. The Bertz CT molecular complexity index is 511. The maximum atomic E-state index is 12.3. The number of nitrogens with one attached hydrogen (secondary N) is 1. The summed E-state index contributed by atoms with van der Waals surface area (Å²) in [7, 11) is 0. The summed E-state index contributed by atoms with van der Waals surface area (Å²) in [6.45, 7) is 5.21. The molecule has 1 aromatic carbocycles. The highest BCUT2D eigenvalue weighted by molar-refractivity contribution is 5.98. The van der Waals surface area contributed by atoms with Crippen LogP contribution < -0.4 is 5.32 Å². The molecule has 2 amide bonds. The maximum absolute atomic E-state index is 12.3. The predicted octanol–water partition coefficient (Wildman–Crippen LogP) is 1.28. The van der Waals surface area contributed by atoms with E-state index in [0.29, 0.717) is 24.2 Å². The van der Waals surface area contributed by atoms with Gasteiger partial charge in [0.15, 0.2) is 0 Å². The zero-order valence-corrected chi connectivity index (χ0v) is 12.5. The lowest BCUT2D eigenvalue weighted by Gasteiger charge is -2.16. The van der Waals surface area contributed by atoms with E-state index in [1.807, 2.05) is 13.8 Å². The summed E-state index contributed by atoms with van der Waals surface area (Å²) in [4.78, 5) is 25.9. The molecule has 1 unspecified atom stereocenters. The van der Waals surface area contributed by atoms with Crippen LogP contribution in [-0.2, 0) is 0 Å². The Labute approximate surface area is 125 Å². The van der Waals surface area contributed by atoms with Crippen LogP contribution in [0, 0.1) is 5.92 Å². The Morgan fingerprint density at radius 1 is 1.29 bits per heavy atom. The van der Waals surface area contributed by atoms with E-state index in [2.05, 4.69) is 5.32 Å². The molecule has 21 heavy (non-hydrogen) atoms. The number of aliphatic hydroxyl groups is 1. The van der Waals surface area contributed by atoms with E-state index in [4.69, 9.17) is 5.11 Å². The molecule has 0 saturated carbocycles. The Balaban J connectivity index is 2.02. The van der Waals surface area contributed by atoms with Crippen molar-refractivity contribution in [3.05, 3.63) is 35.4 Å². The second kappa shape index (κ2) is 6.72. The van der Waals surface area contributed by atoms with Gasteiger partial charge in [-0.15, -0.1) is 0 Å². The van der Waals surface area contributed by atoms with Crippen LogP contribution in [0.5, 0.6) is 0 Å². The molecule has 0 radical (unpaired) electrons. The van der Waals surface area contributed by atoms with Crippen molar-refractivity contribution < 1.29 is 14.7 Å². The molecule has 0 spiro atoms. The molecule has 1 fully saturated rings. The fraction of sp³-hybridized carbons (Fsp3) is 0.500. The van der Waals surface area contributed by atoms with Crippen molar-refractivity contribution in [3.63, 3.8) is 0 Å². The molecule has 0 aromatic heterocycles. The van der Waals surface area contributed by atoms with Crippen molar-refractivity contribution in [2.75, 3.05) is 19.7 Å². The van der Waals surface area contributed by atoms with E-state index in [0.717, 1.165) is 6.42 Å². The van der Waals surface area contributed by atoms with Gasteiger partial charge in [0.25, 0.3) is 11.8 Å². The van der Waals surface area contributed by atoms with Gasteiger partial charge < -0.3 is 15.3 Å². The van der Waals surface area contributed by atoms with Crippen LogP contribution >= 0.6 is 0 Å². The van der Waals surface area contributed by atoms with Gasteiger partial charge in [0, 0.05) is 42.8 Å². The first-order chi connectivity index (χ1) is 10.0. The lowest BCUT2D eigenvalue weighted by atomic mass is 10.1. The quantitative estimate of drug-likeness (QED) is 0.877. The molecular formula is C16H22N2O3.